The summed E-state index contributed by atoms with van der Waals surface area (Å²) in [5.41, 5.74) is 5.49. The van der Waals surface area contributed by atoms with Gasteiger partial charge in [-0.1, -0.05) is 61.7 Å². The minimum Gasteiger partial charge on any atom is -0.365 e. The molecule has 2 aromatic carbocycles. The Morgan fingerprint density at radius 3 is 2.31 bits per heavy atom. The average Bonchev–Trinajstić information content (AvgIpc) is 3.00. The molecule has 3 heterocycles. The molecule has 0 atom stereocenters. The van der Waals surface area contributed by atoms with Gasteiger partial charge in [-0.25, -0.2) is 19.9 Å². The van der Waals surface area contributed by atoms with Gasteiger partial charge in [0.2, 0.25) is 5.95 Å². The van der Waals surface area contributed by atoms with Crippen LogP contribution in [0.2, 0.25) is 0 Å². The molecule has 8 heteroatoms. The second-order valence-corrected chi connectivity index (χ2v) is 9.32. The van der Waals surface area contributed by atoms with Crippen molar-refractivity contribution in [3.8, 4) is 0 Å². The smallest absolute Gasteiger partial charge is 0.253 e. The molecule has 0 saturated carbocycles. The fourth-order valence-electron chi connectivity index (χ4n) is 4.64. The quantitative estimate of drug-likeness (QED) is 0.344. The largest absolute Gasteiger partial charge is 0.365 e. The molecule has 0 unspecified atom stereocenters. The Morgan fingerprint density at radius 2 is 1.59 bits per heavy atom. The van der Waals surface area contributed by atoms with Crippen LogP contribution < -0.4 is 10.2 Å². The van der Waals surface area contributed by atoms with Crippen molar-refractivity contribution in [2.45, 2.75) is 13.0 Å². The number of carbonyl (C=O) groups is 1. The summed E-state index contributed by atoms with van der Waals surface area (Å²) < 4.78 is 0. The van der Waals surface area contributed by atoms with Crippen LogP contribution in [0.25, 0.3) is 12.2 Å². The summed E-state index contributed by atoms with van der Waals surface area (Å²) in [4.78, 5) is 35.0. The lowest BCUT2D eigenvalue weighted by atomic mass is 10.1. The number of aromatic nitrogens is 4. The molecular formula is C31H31N7O. The van der Waals surface area contributed by atoms with Gasteiger partial charge >= 0.3 is 0 Å². The van der Waals surface area contributed by atoms with Crippen molar-refractivity contribution in [2.24, 2.45) is 0 Å². The van der Waals surface area contributed by atoms with E-state index in [0.717, 1.165) is 28.8 Å². The van der Waals surface area contributed by atoms with Crippen LogP contribution in [-0.2, 0) is 13.0 Å². The van der Waals surface area contributed by atoms with Gasteiger partial charge in [-0.15, -0.1) is 0 Å². The van der Waals surface area contributed by atoms with Crippen molar-refractivity contribution in [1.29, 1.82) is 0 Å². The molecule has 5 rings (SSSR count). The van der Waals surface area contributed by atoms with Gasteiger partial charge in [0.15, 0.2) is 0 Å². The monoisotopic (exact) mass is 517 g/mol. The number of amides is 1. The predicted octanol–water partition coefficient (Wildman–Crippen LogP) is 4.72. The number of hydrogen-bond donors (Lipinski definition) is 1. The Balaban J connectivity index is 1.16. The van der Waals surface area contributed by atoms with Crippen molar-refractivity contribution in [3.63, 3.8) is 0 Å². The van der Waals surface area contributed by atoms with Crippen molar-refractivity contribution in [3.05, 3.63) is 120 Å². The highest BCUT2D eigenvalue weighted by molar-refractivity contribution is 5.94. The first-order valence-corrected chi connectivity index (χ1v) is 13.0. The van der Waals surface area contributed by atoms with Crippen LogP contribution in [0.4, 0.5) is 11.8 Å². The number of nitrogens with one attached hydrogen (secondary N) is 1. The molecule has 1 N–H and O–H groups in total. The van der Waals surface area contributed by atoms with E-state index in [1.165, 1.54) is 11.9 Å². The van der Waals surface area contributed by atoms with Crippen LogP contribution in [0.5, 0.6) is 0 Å². The van der Waals surface area contributed by atoms with Crippen molar-refractivity contribution >= 4 is 29.8 Å². The topological polar surface area (TPSA) is 87.1 Å². The van der Waals surface area contributed by atoms with Crippen LogP contribution in [-0.4, -0.2) is 56.9 Å². The molecule has 1 amide bonds. The molecule has 1 saturated heterocycles. The van der Waals surface area contributed by atoms with Gasteiger partial charge in [-0.05, 0) is 34.9 Å². The molecular weight excluding hydrogens is 486 g/mol. The fourth-order valence-corrected chi connectivity index (χ4v) is 4.64. The van der Waals surface area contributed by atoms with E-state index in [1.807, 2.05) is 59.8 Å². The van der Waals surface area contributed by atoms with Gasteiger partial charge in [-0.2, -0.15) is 0 Å². The van der Waals surface area contributed by atoms with Crippen LogP contribution in [0.3, 0.4) is 0 Å². The summed E-state index contributed by atoms with van der Waals surface area (Å²) in [5, 5.41) is 3.33. The SMILES string of the molecule is C=Cc1ncnc(NCc2cccc(C(=O)N3CCN(c4ncc(Cc5ccccc5)cn4)CC3)c2)c1C=C. The summed E-state index contributed by atoms with van der Waals surface area (Å²) in [5.74, 6) is 1.41. The van der Waals surface area contributed by atoms with E-state index < -0.39 is 0 Å². The van der Waals surface area contributed by atoms with Crippen LogP contribution in [0.1, 0.15) is 38.3 Å². The molecule has 0 radical (unpaired) electrons. The average molecular weight is 518 g/mol. The normalized spacial score (nSPS) is 13.1. The first-order valence-electron chi connectivity index (χ1n) is 13.0. The number of nitrogens with zero attached hydrogens (tertiary/aromatic N) is 6. The zero-order valence-corrected chi connectivity index (χ0v) is 21.8. The maximum atomic E-state index is 13.3. The molecule has 1 aliphatic rings. The Labute approximate surface area is 228 Å². The van der Waals surface area contributed by atoms with Crippen molar-refractivity contribution in [1.82, 2.24) is 24.8 Å². The summed E-state index contributed by atoms with van der Waals surface area (Å²) in [7, 11) is 0. The summed E-state index contributed by atoms with van der Waals surface area (Å²) in [6, 6.07) is 18.0. The van der Waals surface area contributed by atoms with E-state index in [0.29, 0.717) is 50.1 Å². The van der Waals surface area contributed by atoms with Gasteiger partial charge in [0.05, 0.1) is 5.69 Å². The Kier molecular flexibility index (Phi) is 8.02. The number of hydrogen-bond acceptors (Lipinski definition) is 7. The third-order valence-corrected chi connectivity index (χ3v) is 6.74. The zero-order chi connectivity index (χ0) is 27.0. The summed E-state index contributed by atoms with van der Waals surface area (Å²) in [6.45, 7) is 10.8. The Morgan fingerprint density at radius 1 is 0.846 bits per heavy atom. The lowest BCUT2D eigenvalue weighted by Gasteiger charge is -2.34. The van der Waals surface area contributed by atoms with Gasteiger partial charge in [0.1, 0.15) is 12.1 Å². The number of piperazine rings is 1. The summed E-state index contributed by atoms with van der Waals surface area (Å²) >= 11 is 0. The molecule has 1 aliphatic heterocycles. The predicted molar refractivity (Wildman–Crippen MR) is 155 cm³/mol. The molecule has 39 heavy (non-hydrogen) atoms. The Hall–Kier alpha value is -4.85. The lowest BCUT2D eigenvalue weighted by molar-refractivity contribution is 0.0746. The van der Waals surface area contributed by atoms with E-state index in [2.05, 4.69) is 55.4 Å². The maximum Gasteiger partial charge on any atom is 0.253 e. The third kappa shape index (κ3) is 6.18. The van der Waals surface area contributed by atoms with E-state index in [4.69, 9.17) is 0 Å². The highest BCUT2D eigenvalue weighted by Crippen LogP contribution is 2.20. The van der Waals surface area contributed by atoms with E-state index in [9.17, 15) is 4.79 Å². The highest BCUT2D eigenvalue weighted by atomic mass is 16.2. The molecule has 0 spiro atoms. The number of carbonyl (C=O) groups excluding carboxylic acids is 1. The maximum absolute atomic E-state index is 13.3. The number of rotatable bonds is 9. The van der Waals surface area contributed by atoms with Crippen molar-refractivity contribution in [2.75, 3.05) is 36.4 Å². The molecule has 1 fully saturated rings. The molecule has 196 valence electrons. The van der Waals surface area contributed by atoms with Crippen molar-refractivity contribution < 1.29 is 4.79 Å². The van der Waals surface area contributed by atoms with Gasteiger partial charge in [0, 0.05) is 62.7 Å². The molecule has 8 nitrogen and oxygen atoms in total. The number of benzene rings is 2. The molecule has 2 aromatic heterocycles. The van der Waals surface area contributed by atoms with Gasteiger partial charge in [0.25, 0.3) is 5.91 Å². The van der Waals surface area contributed by atoms with E-state index >= 15 is 0 Å². The third-order valence-electron chi connectivity index (χ3n) is 6.74. The minimum absolute atomic E-state index is 0.0263. The fraction of sp³-hybridized carbons (Fsp3) is 0.194. The Bertz CT molecular complexity index is 1450. The lowest BCUT2D eigenvalue weighted by Crippen LogP contribution is -2.49. The van der Waals surface area contributed by atoms with Crippen LogP contribution in [0.15, 0.2) is 86.5 Å². The molecule has 0 aliphatic carbocycles. The van der Waals surface area contributed by atoms with E-state index in [-0.39, 0.29) is 5.91 Å². The second-order valence-electron chi connectivity index (χ2n) is 9.32. The minimum atomic E-state index is 0.0263. The first-order chi connectivity index (χ1) is 19.1. The second kappa shape index (κ2) is 12.1. The molecule has 0 bridgehead atoms. The summed E-state index contributed by atoms with van der Waals surface area (Å²) in [6.07, 6.45) is 9.48. The van der Waals surface area contributed by atoms with Gasteiger partial charge in [-0.3, -0.25) is 4.79 Å². The van der Waals surface area contributed by atoms with Crippen LogP contribution >= 0.6 is 0 Å². The van der Waals surface area contributed by atoms with Gasteiger partial charge < -0.3 is 15.1 Å². The van der Waals surface area contributed by atoms with Crippen LogP contribution in [0, 0.1) is 0 Å². The first kappa shape index (κ1) is 25.8. The highest BCUT2D eigenvalue weighted by Gasteiger charge is 2.23. The number of anilines is 2. The zero-order valence-electron chi connectivity index (χ0n) is 21.8. The van der Waals surface area contributed by atoms with E-state index in [1.54, 1.807) is 12.2 Å². The standard InChI is InChI=1S/C31H31N7O/c1-3-27-28(4-2)35-22-36-29(27)32-19-24-11-8-12-26(18-24)30(39)37-13-15-38(16-14-37)31-33-20-25(21-34-31)17-23-9-6-5-7-10-23/h3-12,18,20-22H,1-2,13-17,19H2,(H,32,35,36). The molecule has 4 aromatic rings.